The molecule has 2 heterocycles. The van der Waals surface area contributed by atoms with Gasteiger partial charge >= 0.3 is 0 Å². The van der Waals surface area contributed by atoms with Crippen LogP contribution in [0.15, 0.2) is 65.1 Å². The van der Waals surface area contributed by atoms with Crippen molar-refractivity contribution in [2.75, 3.05) is 35.7 Å². The molecule has 7 heteroatoms. The summed E-state index contributed by atoms with van der Waals surface area (Å²) < 4.78 is 5.78. The zero-order valence-corrected chi connectivity index (χ0v) is 17.6. The molecule has 7 nitrogen and oxygen atoms in total. The zero-order valence-electron chi connectivity index (χ0n) is 17.6. The second kappa shape index (κ2) is 9.06. The highest BCUT2D eigenvalue weighted by Crippen LogP contribution is 2.30. The van der Waals surface area contributed by atoms with Gasteiger partial charge in [-0.1, -0.05) is 12.1 Å². The maximum atomic E-state index is 12.7. The molecular formula is C24H26N4O3. The molecule has 0 bridgehead atoms. The summed E-state index contributed by atoms with van der Waals surface area (Å²) >= 11 is 0. The fourth-order valence-corrected chi connectivity index (χ4v) is 3.78. The number of benzene rings is 2. The first-order chi connectivity index (χ1) is 15.0. The molecule has 0 saturated carbocycles. The SMILES string of the molecule is CNC1CCN(c2ccc(NC(=O)c3ccc(-c4ccccc4NC(C)=O)o3)cc2)C1. The lowest BCUT2D eigenvalue weighted by atomic mass is 10.1. The number of carbonyl (C=O) groups excluding carboxylic acids is 2. The molecule has 1 saturated heterocycles. The third-order valence-electron chi connectivity index (χ3n) is 5.42. The molecular weight excluding hydrogens is 392 g/mol. The molecule has 3 N–H and O–H groups in total. The smallest absolute Gasteiger partial charge is 0.291 e. The van der Waals surface area contributed by atoms with Crippen molar-refractivity contribution in [3.63, 3.8) is 0 Å². The summed E-state index contributed by atoms with van der Waals surface area (Å²) in [5.74, 6) is 0.217. The highest BCUT2D eigenvalue weighted by molar-refractivity contribution is 6.03. The van der Waals surface area contributed by atoms with Crippen LogP contribution < -0.4 is 20.9 Å². The highest BCUT2D eigenvalue weighted by Gasteiger charge is 2.21. The molecule has 31 heavy (non-hydrogen) atoms. The van der Waals surface area contributed by atoms with Crippen LogP contribution in [0.3, 0.4) is 0 Å². The van der Waals surface area contributed by atoms with Crippen molar-refractivity contribution in [3.05, 3.63) is 66.4 Å². The van der Waals surface area contributed by atoms with Crippen LogP contribution in [0.5, 0.6) is 0 Å². The monoisotopic (exact) mass is 418 g/mol. The van der Waals surface area contributed by atoms with Gasteiger partial charge in [0.05, 0.1) is 5.69 Å². The number of furan rings is 1. The van der Waals surface area contributed by atoms with Gasteiger partial charge in [0.15, 0.2) is 5.76 Å². The van der Waals surface area contributed by atoms with Crippen molar-refractivity contribution < 1.29 is 14.0 Å². The lowest BCUT2D eigenvalue weighted by Gasteiger charge is -2.19. The fraction of sp³-hybridized carbons (Fsp3) is 0.250. The van der Waals surface area contributed by atoms with E-state index >= 15 is 0 Å². The van der Waals surface area contributed by atoms with Gasteiger partial charge in [0.25, 0.3) is 5.91 Å². The largest absolute Gasteiger partial charge is 0.451 e. The molecule has 2 aromatic carbocycles. The molecule has 1 aromatic heterocycles. The van der Waals surface area contributed by atoms with E-state index in [-0.39, 0.29) is 17.6 Å². The molecule has 4 rings (SSSR count). The Balaban J connectivity index is 1.44. The van der Waals surface area contributed by atoms with Gasteiger partial charge in [0.2, 0.25) is 5.91 Å². The number of anilines is 3. The van der Waals surface area contributed by atoms with Crippen molar-refractivity contribution in [3.8, 4) is 11.3 Å². The molecule has 1 atom stereocenters. The molecule has 160 valence electrons. The van der Waals surface area contributed by atoms with Gasteiger partial charge < -0.3 is 25.3 Å². The summed E-state index contributed by atoms with van der Waals surface area (Å²) in [6.07, 6.45) is 1.13. The second-order valence-corrected chi connectivity index (χ2v) is 7.61. The number of rotatable bonds is 6. The standard InChI is InChI=1S/C24H26N4O3/c1-16(29)26-21-6-4-3-5-20(21)22-11-12-23(31-22)24(30)27-17-7-9-19(10-8-17)28-14-13-18(15-28)25-2/h3-12,18,25H,13-15H2,1-2H3,(H,26,29)(H,27,30). The first-order valence-corrected chi connectivity index (χ1v) is 10.3. The molecule has 0 radical (unpaired) electrons. The molecule has 0 spiro atoms. The van der Waals surface area contributed by atoms with Crippen LogP contribution in [0.4, 0.5) is 17.1 Å². The van der Waals surface area contributed by atoms with E-state index in [2.05, 4.69) is 20.9 Å². The van der Waals surface area contributed by atoms with Crippen LogP contribution in [0.25, 0.3) is 11.3 Å². The Hall–Kier alpha value is -3.58. The van der Waals surface area contributed by atoms with Crippen LogP contribution in [-0.4, -0.2) is 38.0 Å². The first-order valence-electron chi connectivity index (χ1n) is 10.3. The first kappa shape index (κ1) is 20.7. The van der Waals surface area contributed by atoms with Gasteiger partial charge in [-0.3, -0.25) is 9.59 Å². The van der Waals surface area contributed by atoms with E-state index in [0.717, 1.165) is 25.2 Å². The zero-order chi connectivity index (χ0) is 21.8. The molecule has 1 aliphatic heterocycles. The summed E-state index contributed by atoms with van der Waals surface area (Å²) in [5.41, 5.74) is 3.20. The summed E-state index contributed by atoms with van der Waals surface area (Å²) in [7, 11) is 1.99. The summed E-state index contributed by atoms with van der Waals surface area (Å²) in [6, 6.07) is 19.0. The second-order valence-electron chi connectivity index (χ2n) is 7.61. The lowest BCUT2D eigenvalue weighted by molar-refractivity contribution is -0.114. The van der Waals surface area contributed by atoms with Gasteiger partial charge in [-0.25, -0.2) is 0 Å². The van der Waals surface area contributed by atoms with Crippen molar-refractivity contribution >= 4 is 28.9 Å². The van der Waals surface area contributed by atoms with Gasteiger partial charge in [0, 0.05) is 43.0 Å². The average molecular weight is 418 g/mol. The quantitative estimate of drug-likeness (QED) is 0.564. The Morgan fingerprint density at radius 3 is 2.48 bits per heavy atom. The maximum Gasteiger partial charge on any atom is 0.291 e. The van der Waals surface area contributed by atoms with E-state index in [1.165, 1.54) is 6.92 Å². The number of hydrogen-bond donors (Lipinski definition) is 3. The molecule has 3 aromatic rings. The number of nitrogens with zero attached hydrogens (tertiary/aromatic N) is 1. The Morgan fingerprint density at radius 1 is 1.00 bits per heavy atom. The van der Waals surface area contributed by atoms with E-state index in [0.29, 0.717) is 28.7 Å². The topological polar surface area (TPSA) is 86.6 Å². The van der Waals surface area contributed by atoms with Crippen LogP contribution in [0.2, 0.25) is 0 Å². The third-order valence-corrected chi connectivity index (χ3v) is 5.42. The van der Waals surface area contributed by atoms with Gasteiger partial charge in [-0.05, 0) is 62.0 Å². The van der Waals surface area contributed by atoms with Gasteiger partial charge in [-0.2, -0.15) is 0 Å². The van der Waals surface area contributed by atoms with E-state index in [4.69, 9.17) is 4.42 Å². The van der Waals surface area contributed by atoms with Crippen molar-refractivity contribution in [2.24, 2.45) is 0 Å². The number of nitrogens with one attached hydrogen (secondary N) is 3. The lowest BCUT2D eigenvalue weighted by Crippen LogP contribution is -2.29. The molecule has 2 amide bonds. The van der Waals surface area contributed by atoms with Gasteiger partial charge in [0.1, 0.15) is 5.76 Å². The highest BCUT2D eigenvalue weighted by atomic mass is 16.3. The van der Waals surface area contributed by atoms with E-state index in [1.54, 1.807) is 18.2 Å². The van der Waals surface area contributed by atoms with E-state index < -0.39 is 0 Å². The third kappa shape index (κ3) is 4.78. The van der Waals surface area contributed by atoms with Crippen LogP contribution >= 0.6 is 0 Å². The number of hydrogen-bond acceptors (Lipinski definition) is 5. The number of carbonyl (C=O) groups is 2. The Bertz CT molecular complexity index is 1070. The fourth-order valence-electron chi connectivity index (χ4n) is 3.78. The Labute approximate surface area is 181 Å². The summed E-state index contributed by atoms with van der Waals surface area (Å²) in [5, 5.41) is 8.97. The Kier molecular flexibility index (Phi) is 6.04. The number of amides is 2. The number of para-hydroxylation sites is 1. The van der Waals surface area contributed by atoms with E-state index in [1.807, 2.05) is 49.5 Å². The van der Waals surface area contributed by atoms with Crippen molar-refractivity contribution in [1.29, 1.82) is 0 Å². The van der Waals surface area contributed by atoms with Crippen LogP contribution in [0, 0.1) is 0 Å². The predicted molar refractivity (Wildman–Crippen MR) is 123 cm³/mol. The Morgan fingerprint density at radius 2 is 1.77 bits per heavy atom. The normalized spacial score (nSPS) is 15.7. The van der Waals surface area contributed by atoms with Crippen molar-refractivity contribution in [1.82, 2.24) is 5.32 Å². The van der Waals surface area contributed by atoms with E-state index in [9.17, 15) is 9.59 Å². The minimum absolute atomic E-state index is 0.171. The van der Waals surface area contributed by atoms with Gasteiger partial charge in [-0.15, -0.1) is 0 Å². The molecule has 1 aliphatic rings. The average Bonchev–Trinajstić information content (AvgIpc) is 3.44. The van der Waals surface area contributed by atoms with Crippen molar-refractivity contribution in [2.45, 2.75) is 19.4 Å². The molecule has 1 unspecified atom stereocenters. The maximum absolute atomic E-state index is 12.7. The minimum Gasteiger partial charge on any atom is -0.451 e. The molecule has 1 fully saturated rings. The minimum atomic E-state index is -0.326. The summed E-state index contributed by atoms with van der Waals surface area (Å²) in [6.45, 7) is 3.45. The van der Waals surface area contributed by atoms with Crippen LogP contribution in [0.1, 0.15) is 23.9 Å². The number of likely N-dealkylation sites (N-methyl/N-ethyl adjacent to an activating group) is 1. The molecule has 0 aliphatic carbocycles. The van der Waals surface area contributed by atoms with Crippen LogP contribution in [-0.2, 0) is 4.79 Å². The predicted octanol–water partition coefficient (Wildman–Crippen LogP) is 3.96. The summed E-state index contributed by atoms with van der Waals surface area (Å²) in [4.78, 5) is 26.4.